The van der Waals surface area contributed by atoms with Gasteiger partial charge in [0.1, 0.15) is 4.47 Å². The summed E-state index contributed by atoms with van der Waals surface area (Å²) < 4.78 is 1.77. The van der Waals surface area contributed by atoms with Crippen molar-refractivity contribution >= 4 is 27.7 Å². The lowest BCUT2D eigenvalue weighted by Crippen LogP contribution is -2.27. The van der Waals surface area contributed by atoms with Crippen molar-refractivity contribution in [2.75, 3.05) is 0 Å². The van der Waals surface area contributed by atoms with Gasteiger partial charge in [-0.3, -0.25) is 9.48 Å². The Morgan fingerprint density at radius 2 is 2.38 bits per heavy atom. The van der Waals surface area contributed by atoms with E-state index in [1.165, 1.54) is 0 Å². The van der Waals surface area contributed by atoms with E-state index in [1.807, 2.05) is 13.1 Å². The number of hydrogen-bond donors (Lipinski definition) is 2. The average Bonchev–Trinajstić information content (AvgIpc) is 3.04. The number of halogens is 1. The van der Waals surface area contributed by atoms with E-state index in [4.69, 9.17) is 0 Å². The second kappa shape index (κ2) is 6.04. The standard InChI is InChI=1S/C11H13BrN6O3/c1-3-17-5-4-7(16-17)6(2)13-11(19)9-8(12)10(15-14-9)18(20)21/h4-6H,3H2,1-2H3,(H,13,19)(H,14,15). The van der Waals surface area contributed by atoms with Gasteiger partial charge in [0.05, 0.1) is 11.7 Å². The van der Waals surface area contributed by atoms with Crippen LogP contribution in [0.5, 0.6) is 0 Å². The Hall–Kier alpha value is -2.23. The Morgan fingerprint density at radius 3 is 2.90 bits per heavy atom. The molecule has 1 atom stereocenters. The summed E-state index contributed by atoms with van der Waals surface area (Å²) in [6.45, 7) is 4.47. The predicted molar refractivity (Wildman–Crippen MR) is 76.7 cm³/mol. The third kappa shape index (κ3) is 3.10. The van der Waals surface area contributed by atoms with Crippen molar-refractivity contribution in [3.8, 4) is 0 Å². The van der Waals surface area contributed by atoms with Crippen molar-refractivity contribution in [2.45, 2.75) is 26.4 Å². The molecule has 1 unspecified atom stereocenters. The maximum Gasteiger partial charge on any atom is 0.357 e. The summed E-state index contributed by atoms with van der Waals surface area (Å²) in [5.41, 5.74) is 0.634. The second-order valence-corrected chi connectivity index (χ2v) is 5.08. The normalized spacial score (nSPS) is 12.1. The van der Waals surface area contributed by atoms with Crippen LogP contribution in [-0.2, 0) is 6.54 Å². The zero-order chi connectivity index (χ0) is 15.6. The highest BCUT2D eigenvalue weighted by Gasteiger charge is 2.26. The van der Waals surface area contributed by atoms with E-state index in [1.54, 1.807) is 17.7 Å². The largest absolute Gasteiger partial charge is 0.358 e. The van der Waals surface area contributed by atoms with Gasteiger partial charge in [-0.05, 0) is 40.8 Å². The third-order valence-electron chi connectivity index (χ3n) is 2.86. The molecule has 0 aromatic carbocycles. The lowest BCUT2D eigenvalue weighted by atomic mass is 10.2. The van der Waals surface area contributed by atoms with Crippen LogP contribution in [-0.4, -0.2) is 30.8 Å². The first kappa shape index (κ1) is 15.2. The number of carbonyl (C=O) groups excluding carboxylic acids is 1. The van der Waals surface area contributed by atoms with Gasteiger partial charge in [0.2, 0.25) is 0 Å². The van der Waals surface area contributed by atoms with Crippen molar-refractivity contribution in [1.29, 1.82) is 0 Å². The molecule has 2 aromatic rings. The molecule has 0 bridgehead atoms. The number of amides is 1. The molecule has 0 saturated carbocycles. The molecular formula is C11H13BrN6O3. The fourth-order valence-electron chi connectivity index (χ4n) is 1.71. The third-order valence-corrected chi connectivity index (χ3v) is 3.61. The molecule has 21 heavy (non-hydrogen) atoms. The van der Waals surface area contributed by atoms with Crippen molar-refractivity contribution in [3.05, 3.63) is 38.2 Å². The van der Waals surface area contributed by atoms with Crippen molar-refractivity contribution in [3.63, 3.8) is 0 Å². The first-order chi connectivity index (χ1) is 9.93. The number of carbonyl (C=O) groups is 1. The van der Waals surface area contributed by atoms with Crippen molar-refractivity contribution in [1.82, 2.24) is 25.3 Å². The summed E-state index contributed by atoms with van der Waals surface area (Å²) in [4.78, 5) is 22.1. The van der Waals surface area contributed by atoms with Crippen LogP contribution in [0.25, 0.3) is 0 Å². The molecule has 0 aliphatic rings. The first-order valence-corrected chi connectivity index (χ1v) is 6.95. The van der Waals surface area contributed by atoms with Gasteiger partial charge >= 0.3 is 5.82 Å². The van der Waals surface area contributed by atoms with Crippen LogP contribution in [0.3, 0.4) is 0 Å². The highest BCUT2D eigenvalue weighted by atomic mass is 79.9. The maximum atomic E-state index is 12.1. The van der Waals surface area contributed by atoms with Crippen LogP contribution < -0.4 is 5.32 Å². The molecule has 0 spiro atoms. The van der Waals surface area contributed by atoms with Crippen molar-refractivity contribution in [2.24, 2.45) is 0 Å². The smallest absolute Gasteiger partial charge is 0.357 e. The van der Waals surface area contributed by atoms with E-state index in [0.29, 0.717) is 5.69 Å². The number of hydrogen-bond acceptors (Lipinski definition) is 5. The van der Waals surface area contributed by atoms with Crippen LogP contribution in [0.15, 0.2) is 16.7 Å². The minimum Gasteiger partial charge on any atom is -0.358 e. The van der Waals surface area contributed by atoms with Gasteiger partial charge in [-0.1, -0.05) is 5.10 Å². The van der Waals surface area contributed by atoms with Gasteiger partial charge in [-0.2, -0.15) is 5.10 Å². The molecule has 2 heterocycles. The number of H-pyrrole nitrogens is 1. The lowest BCUT2D eigenvalue weighted by molar-refractivity contribution is -0.390. The molecule has 10 heteroatoms. The lowest BCUT2D eigenvalue weighted by Gasteiger charge is -2.10. The molecule has 0 fully saturated rings. The number of nitrogens with one attached hydrogen (secondary N) is 2. The van der Waals surface area contributed by atoms with E-state index in [0.717, 1.165) is 6.54 Å². The highest BCUT2D eigenvalue weighted by molar-refractivity contribution is 9.10. The molecule has 2 aromatic heterocycles. The summed E-state index contributed by atoms with van der Waals surface area (Å²) in [7, 11) is 0. The molecule has 1 amide bonds. The maximum absolute atomic E-state index is 12.1. The van der Waals surface area contributed by atoms with Gasteiger partial charge in [0.25, 0.3) is 5.91 Å². The number of rotatable bonds is 5. The molecule has 0 saturated heterocycles. The topological polar surface area (TPSA) is 119 Å². The average molecular weight is 357 g/mol. The van der Waals surface area contributed by atoms with Crippen LogP contribution >= 0.6 is 15.9 Å². The van der Waals surface area contributed by atoms with Crippen LogP contribution in [0.4, 0.5) is 5.82 Å². The molecule has 0 radical (unpaired) electrons. The Bertz CT molecular complexity index is 679. The quantitative estimate of drug-likeness (QED) is 0.625. The Balaban J connectivity index is 2.12. The summed E-state index contributed by atoms with van der Waals surface area (Å²) in [5, 5.41) is 23.5. The molecule has 2 rings (SSSR count). The number of nitro groups is 1. The van der Waals surface area contributed by atoms with E-state index >= 15 is 0 Å². The van der Waals surface area contributed by atoms with Crippen LogP contribution in [0.2, 0.25) is 0 Å². The van der Waals surface area contributed by atoms with Crippen molar-refractivity contribution < 1.29 is 9.72 Å². The monoisotopic (exact) mass is 356 g/mol. The molecule has 9 nitrogen and oxygen atoms in total. The van der Waals surface area contributed by atoms with Crippen LogP contribution in [0.1, 0.15) is 36.1 Å². The van der Waals surface area contributed by atoms with E-state index in [-0.39, 0.29) is 22.0 Å². The first-order valence-electron chi connectivity index (χ1n) is 6.16. The van der Waals surface area contributed by atoms with Gasteiger partial charge in [0, 0.05) is 12.7 Å². The summed E-state index contributed by atoms with van der Waals surface area (Å²) in [6, 6.07) is 1.46. The summed E-state index contributed by atoms with van der Waals surface area (Å²) >= 11 is 3.00. The van der Waals surface area contributed by atoms with Gasteiger partial charge in [-0.25, -0.2) is 0 Å². The Morgan fingerprint density at radius 1 is 1.67 bits per heavy atom. The zero-order valence-electron chi connectivity index (χ0n) is 11.3. The minimum absolute atomic E-state index is 0.0243. The Labute approximate surface area is 128 Å². The number of aromatic nitrogens is 4. The summed E-state index contributed by atoms with van der Waals surface area (Å²) in [5.74, 6) is -0.882. The fourth-order valence-corrected chi connectivity index (χ4v) is 2.22. The number of nitrogens with zero attached hydrogens (tertiary/aromatic N) is 4. The van der Waals surface area contributed by atoms with E-state index in [9.17, 15) is 14.9 Å². The molecule has 2 N–H and O–H groups in total. The zero-order valence-corrected chi connectivity index (χ0v) is 12.9. The SMILES string of the molecule is CCn1ccc(C(C)NC(=O)c2n[nH]c([N+](=O)[O-])c2Br)n1. The predicted octanol–water partition coefficient (Wildman–Crippen LogP) is 1.79. The number of aromatic amines is 1. The Kier molecular flexibility index (Phi) is 4.36. The molecule has 0 aliphatic carbocycles. The van der Waals surface area contributed by atoms with E-state index < -0.39 is 10.8 Å². The van der Waals surface area contributed by atoms with Gasteiger partial charge in [0.15, 0.2) is 5.69 Å². The summed E-state index contributed by atoms with van der Waals surface area (Å²) in [6.07, 6.45) is 1.81. The van der Waals surface area contributed by atoms with E-state index in [2.05, 4.69) is 36.5 Å². The number of aryl methyl sites for hydroxylation is 1. The second-order valence-electron chi connectivity index (χ2n) is 4.28. The molecular weight excluding hydrogens is 344 g/mol. The fraction of sp³-hybridized carbons (Fsp3) is 0.364. The molecule has 112 valence electrons. The minimum atomic E-state index is -0.653. The highest BCUT2D eigenvalue weighted by Crippen LogP contribution is 2.25. The van der Waals surface area contributed by atoms with Gasteiger partial charge in [-0.15, -0.1) is 5.10 Å². The van der Waals surface area contributed by atoms with Crippen LogP contribution in [0, 0.1) is 10.1 Å². The van der Waals surface area contributed by atoms with Gasteiger partial charge < -0.3 is 15.4 Å². The molecule has 0 aliphatic heterocycles.